The largest absolute Gasteiger partial charge is 0.370 e. The Morgan fingerprint density at radius 3 is 3.15 bits per heavy atom. The van der Waals surface area contributed by atoms with E-state index in [1.54, 1.807) is 17.0 Å². The maximum atomic E-state index is 11.7. The van der Waals surface area contributed by atoms with E-state index in [9.17, 15) is 4.79 Å². The molecule has 1 aliphatic heterocycles. The minimum absolute atomic E-state index is 0.00463. The number of aromatic nitrogens is 2. The molecule has 1 aliphatic rings. The van der Waals surface area contributed by atoms with E-state index < -0.39 is 0 Å². The van der Waals surface area contributed by atoms with E-state index in [4.69, 9.17) is 4.74 Å². The first-order valence-corrected chi connectivity index (χ1v) is 4.42. The van der Waals surface area contributed by atoms with Crippen LogP contribution in [0.2, 0.25) is 0 Å². The summed E-state index contributed by atoms with van der Waals surface area (Å²) < 4.78 is 7.02. The number of carbonyl (C=O) groups is 1. The minimum Gasteiger partial charge on any atom is -0.370 e. The molecule has 1 aromatic heterocycles. The third-order valence-corrected chi connectivity index (χ3v) is 2.26. The molecule has 2 heterocycles. The highest BCUT2D eigenvalue weighted by Gasteiger charge is 2.26. The summed E-state index contributed by atoms with van der Waals surface area (Å²) in [7, 11) is 1.81. The van der Waals surface area contributed by atoms with Crippen molar-refractivity contribution in [2.24, 2.45) is 7.05 Å². The molecule has 0 aliphatic carbocycles. The van der Waals surface area contributed by atoms with Crippen LogP contribution in [0.3, 0.4) is 0 Å². The van der Waals surface area contributed by atoms with Crippen molar-refractivity contribution in [2.45, 2.75) is 18.9 Å². The van der Waals surface area contributed by atoms with Gasteiger partial charge in [-0.3, -0.25) is 4.79 Å². The first-order valence-electron chi connectivity index (χ1n) is 4.42. The van der Waals surface area contributed by atoms with E-state index in [0.717, 1.165) is 12.8 Å². The van der Waals surface area contributed by atoms with Gasteiger partial charge in [0.15, 0.2) is 5.82 Å². The van der Waals surface area contributed by atoms with E-state index in [1.165, 1.54) is 0 Å². The fourth-order valence-electron chi connectivity index (χ4n) is 1.53. The van der Waals surface area contributed by atoms with Crippen molar-refractivity contribution < 1.29 is 9.53 Å². The van der Waals surface area contributed by atoms with Gasteiger partial charge in [-0.05, 0) is 12.8 Å². The topological polar surface area (TPSA) is 44.1 Å². The summed E-state index contributed by atoms with van der Waals surface area (Å²) in [6.07, 6.45) is 4.93. The molecule has 70 valence electrons. The van der Waals surface area contributed by atoms with Crippen molar-refractivity contribution in [3.63, 3.8) is 0 Å². The highest BCUT2D eigenvalue weighted by molar-refractivity contribution is 5.96. The number of nitrogens with zero attached hydrogens (tertiary/aromatic N) is 2. The lowest BCUT2D eigenvalue weighted by Gasteiger charge is -2.06. The van der Waals surface area contributed by atoms with Crippen LogP contribution in [-0.2, 0) is 11.8 Å². The van der Waals surface area contributed by atoms with Gasteiger partial charge in [0.2, 0.25) is 5.78 Å². The molecule has 4 nitrogen and oxygen atoms in total. The van der Waals surface area contributed by atoms with E-state index in [-0.39, 0.29) is 11.9 Å². The second-order valence-electron chi connectivity index (χ2n) is 3.23. The molecule has 1 saturated heterocycles. The van der Waals surface area contributed by atoms with Crippen molar-refractivity contribution in [2.75, 3.05) is 6.61 Å². The van der Waals surface area contributed by atoms with Crippen LogP contribution in [0.1, 0.15) is 23.5 Å². The van der Waals surface area contributed by atoms with Crippen LogP contribution >= 0.6 is 0 Å². The van der Waals surface area contributed by atoms with Gasteiger partial charge in [0.25, 0.3) is 0 Å². The van der Waals surface area contributed by atoms with E-state index >= 15 is 0 Å². The van der Waals surface area contributed by atoms with Crippen molar-refractivity contribution >= 4 is 5.78 Å². The lowest BCUT2D eigenvalue weighted by atomic mass is 10.1. The third-order valence-electron chi connectivity index (χ3n) is 2.26. The Bertz CT molecular complexity index is 313. The van der Waals surface area contributed by atoms with Gasteiger partial charge in [0.1, 0.15) is 6.10 Å². The Kier molecular flexibility index (Phi) is 2.14. The predicted molar refractivity (Wildman–Crippen MR) is 46.5 cm³/mol. The van der Waals surface area contributed by atoms with Crippen LogP contribution in [-0.4, -0.2) is 28.0 Å². The molecular weight excluding hydrogens is 168 g/mol. The van der Waals surface area contributed by atoms with Gasteiger partial charge in [-0.2, -0.15) is 0 Å². The van der Waals surface area contributed by atoms with Gasteiger partial charge in [-0.15, -0.1) is 0 Å². The van der Waals surface area contributed by atoms with Crippen LogP contribution in [0.25, 0.3) is 0 Å². The maximum absolute atomic E-state index is 11.7. The number of hydrogen-bond donors (Lipinski definition) is 0. The number of carbonyl (C=O) groups excluding carboxylic acids is 1. The van der Waals surface area contributed by atoms with Gasteiger partial charge in [0.05, 0.1) is 0 Å². The number of imidazole rings is 1. The summed E-state index contributed by atoms with van der Waals surface area (Å²) in [5.41, 5.74) is 0. The molecule has 1 unspecified atom stereocenters. The van der Waals surface area contributed by atoms with Gasteiger partial charge in [0, 0.05) is 26.0 Å². The molecule has 0 N–H and O–H groups in total. The molecule has 0 amide bonds. The van der Waals surface area contributed by atoms with E-state index in [1.807, 2.05) is 7.05 Å². The molecule has 0 radical (unpaired) electrons. The van der Waals surface area contributed by atoms with Crippen molar-refractivity contribution in [3.05, 3.63) is 18.2 Å². The lowest BCUT2D eigenvalue weighted by molar-refractivity contribution is 0.0629. The average Bonchev–Trinajstić information content (AvgIpc) is 2.72. The fourth-order valence-corrected chi connectivity index (χ4v) is 1.53. The Balaban J connectivity index is 2.17. The first-order chi connectivity index (χ1) is 6.29. The Hall–Kier alpha value is -1.16. The summed E-state index contributed by atoms with van der Waals surface area (Å²) in [6, 6.07) is 0. The van der Waals surface area contributed by atoms with Crippen LogP contribution < -0.4 is 0 Å². The van der Waals surface area contributed by atoms with Crippen LogP contribution in [0.4, 0.5) is 0 Å². The Morgan fingerprint density at radius 2 is 2.62 bits per heavy atom. The summed E-state index contributed by atoms with van der Waals surface area (Å²) in [5, 5.41) is 0. The number of Topliss-reactive ketones (excluding diaryl/α,β-unsaturated/α-hetero) is 1. The standard InChI is InChI=1S/C9H12N2O2/c1-11-5-4-10-9(11)8(12)7-3-2-6-13-7/h4-5,7H,2-3,6H2,1H3. The fraction of sp³-hybridized carbons (Fsp3) is 0.556. The monoisotopic (exact) mass is 180 g/mol. The van der Waals surface area contributed by atoms with Gasteiger partial charge >= 0.3 is 0 Å². The summed E-state index contributed by atoms with van der Waals surface area (Å²) in [6.45, 7) is 0.695. The molecule has 1 aromatic rings. The summed E-state index contributed by atoms with van der Waals surface area (Å²) in [5.74, 6) is 0.497. The SMILES string of the molecule is Cn1ccnc1C(=O)C1CCCO1. The normalized spacial score (nSPS) is 22.1. The van der Waals surface area contributed by atoms with Crippen molar-refractivity contribution in [1.29, 1.82) is 0 Å². The Labute approximate surface area is 76.5 Å². The van der Waals surface area contributed by atoms with Crippen LogP contribution in [0.5, 0.6) is 0 Å². The minimum atomic E-state index is -0.263. The number of hydrogen-bond acceptors (Lipinski definition) is 3. The van der Waals surface area contributed by atoms with E-state index in [2.05, 4.69) is 4.98 Å². The molecule has 4 heteroatoms. The second kappa shape index (κ2) is 3.30. The van der Waals surface area contributed by atoms with Crippen LogP contribution in [0.15, 0.2) is 12.4 Å². The number of ketones is 1. The quantitative estimate of drug-likeness (QED) is 0.632. The molecular formula is C9H12N2O2. The van der Waals surface area contributed by atoms with Gasteiger partial charge in [-0.25, -0.2) is 4.98 Å². The van der Waals surface area contributed by atoms with Gasteiger partial charge in [-0.1, -0.05) is 0 Å². The predicted octanol–water partition coefficient (Wildman–Crippen LogP) is 0.782. The molecule has 0 spiro atoms. The summed E-state index contributed by atoms with van der Waals surface area (Å²) >= 11 is 0. The number of aryl methyl sites for hydroxylation is 1. The maximum Gasteiger partial charge on any atom is 0.226 e. The summed E-state index contributed by atoms with van der Waals surface area (Å²) in [4.78, 5) is 15.7. The van der Waals surface area contributed by atoms with Crippen LogP contribution in [0, 0.1) is 0 Å². The Morgan fingerprint density at radius 1 is 1.77 bits per heavy atom. The number of ether oxygens (including phenoxy) is 1. The highest BCUT2D eigenvalue weighted by atomic mass is 16.5. The lowest BCUT2D eigenvalue weighted by Crippen LogP contribution is -2.22. The third kappa shape index (κ3) is 1.49. The molecule has 2 rings (SSSR count). The van der Waals surface area contributed by atoms with Gasteiger partial charge < -0.3 is 9.30 Å². The van der Waals surface area contributed by atoms with Crippen molar-refractivity contribution in [3.8, 4) is 0 Å². The number of rotatable bonds is 2. The molecule has 13 heavy (non-hydrogen) atoms. The molecule has 1 atom stereocenters. The zero-order chi connectivity index (χ0) is 9.26. The second-order valence-corrected chi connectivity index (χ2v) is 3.23. The zero-order valence-electron chi connectivity index (χ0n) is 7.56. The smallest absolute Gasteiger partial charge is 0.226 e. The molecule has 0 aromatic carbocycles. The highest BCUT2D eigenvalue weighted by Crippen LogP contribution is 2.15. The molecule has 0 saturated carbocycles. The first kappa shape index (κ1) is 8.44. The molecule has 0 bridgehead atoms. The van der Waals surface area contributed by atoms with E-state index in [0.29, 0.717) is 12.4 Å². The average molecular weight is 180 g/mol. The zero-order valence-corrected chi connectivity index (χ0v) is 7.56. The molecule has 1 fully saturated rings. The van der Waals surface area contributed by atoms with Crippen molar-refractivity contribution in [1.82, 2.24) is 9.55 Å².